The highest BCUT2D eigenvalue weighted by Crippen LogP contribution is 2.33. The maximum atomic E-state index is 13.8. The SMILES string of the molecule is Cc1ccc(F)c(C(O)c2ccc(C(F)(F)F)cc2C)c1. The van der Waals surface area contributed by atoms with E-state index in [1.807, 2.05) is 0 Å². The number of aryl methyl sites for hydroxylation is 2. The third kappa shape index (κ3) is 3.24. The van der Waals surface area contributed by atoms with E-state index in [2.05, 4.69) is 0 Å². The summed E-state index contributed by atoms with van der Waals surface area (Å²) in [6, 6.07) is 7.30. The lowest BCUT2D eigenvalue weighted by Gasteiger charge is -2.17. The summed E-state index contributed by atoms with van der Waals surface area (Å²) in [6.45, 7) is 3.21. The molecule has 5 heteroatoms. The van der Waals surface area contributed by atoms with Crippen LogP contribution in [0.5, 0.6) is 0 Å². The Morgan fingerprint density at radius 3 is 2.19 bits per heavy atom. The third-order valence-electron chi connectivity index (χ3n) is 3.34. The van der Waals surface area contributed by atoms with E-state index < -0.39 is 23.7 Å². The Morgan fingerprint density at radius 2 is 1.62 bits per heavy atom. The lowest BCUT2D eigenvalue weighted by Crippen LogP contribution is -2.09. The van der Waals surface area contributed by atoms with E-state index in [1.54, 1.807) is 13.0 Å². The van der Waals surface area contributed by atoms with Gasteiger partial charge in [0.1, 0.15) is 11.9 Å². The van der Waals surface area contributed by atoms with Crippen LogP contribution in [0.1, 0.15) is 33.9 Å². The maximum Gasteiger partial charge on any atom is 0.416 e. The number of hydrogen-bond donors (Lipinski definition) is 1. The van der Waals surface area contributed by atoms with E-state index in [0.717, 1.165) is 17.7 Å². The van der Waals surface area contributed by atoms with Gasteiger partial charge in [-0.2, -0.15) is 13.2 Å². The van der Waals surface area contributed by atoms with Crippen molar-refractivity contribution < 1.29 is 22.7 Å². The summed E-state index contributed by atoms with van der Waals surface area (Å²) in [5, 5.41) is 10.3. The van der Waals surface area contributed by atoms with Crippen LogP contribution in [-0.4, -0.2) is 5.11 Å². The van der Waals surface area contributed by atoms with Crippen molar-refractivity contribution in [1.29, 1.82) is 0 Å². The Kier molecular flexibility index (Phi) is 4.05. The highest BCUT2D eigenvalue weighted by Gasteiger charge is 2.31. The Morgan fingerprint density at radius 1 is 0.952 bits per heavy atom. The lowest BCUT2D eigenvalue weighted by atomic mass is 9.94. The normalized spacial score (nSPS) is 13.3. The molecule has 0 aliphatic rings. The summed E-state index contributed by atoms with van der Waals surface area (Å²) in [7, 11) is 0. The van der Waals surface area contributed by atoms with Gasteiger partial charge in [0.05, 0.1) is 5.56 Å². The van der Waals surface area contributed by atoms with Gasteiger partial charge in [-0.25, -0.2) is 4.39 Å². The molecule has 0 aliphatic carbocycles. The number of aliphatic hydroxyl groups is 1. The second-order valence-electron chi connectivity index (χ2n) is 5.00. The van der Waals surface area contributed by atoms with E-state index in [4.69, 9.17) is 0 Å². The van der Waals surface area contributed by atoms with Crippen LogP contribution in [0.2, 0.25) is 0 Å². The van der Waals surface area contributed by atoms with Crippen LogP contribution in [0.15, 0.2) is 36.4 Å². The maximum absolute atomic E-state index is 13.8. The fourth-order valence-electron chi connectivity index (χ4n) is 2.20. The average molecular weight is 298 g/mol. The molecule has 0 saturated heterocycles. The highest BCUT2D eigenvalue weighted by molar-refractivity contribution is 5.39. The van der Waals surface area contributed by atoms with Crippen LogP contribution in [0.25, 0.3) is 0 Å². The summed E-state index contributed by atoms with van der Waals surface area (Å²) in [5.74, 6) is -0.590. The number of benzene rings is 2. The minimum atomic E-state index is -4.44. The molecule has 0 amide bonds. The molecule has 0 radical (unpaired) electrons. The average Bonchev–Trinajstić information content (AvgIpc) is 2.39. The minimum absolute atomic E-state index is 0.0536. The standard InChI is InChI=1S/C16H14F4O/c1-9-3-6-14(17)13(7-9)15(21)12-5-4-11(8-10(12)2)16(18,19)20/h3-8,15,21H,1-2H3. The first kappa shape index (κ1) is 15.5. The van der Waals surface area contributed by atoms with Crippen molar-refractivity contribution in [3.8, 4) is 0 Å². The zero-order chi connectivity index (χ0) is 15.8. The molecule has 1 unspecified atom stereocenters. The first-order valence-electron chi connectivity index (χ1n) is 6.32. The molecular formula is C16H14F4O. The zero-order valence-corrected chi connectivity index (χ0v) is 11.5. The second-order valence-corrected chi connectivity index (χ2v) is 5.00. The van der Waals surface area contributed by atoms with Crippen molar-refractivity contribution in [2.75, 3.05) is 0 Å². The molecule has 0 fully saturated rings. The Hall–Kier alpha value is -1.88. The number of halogens is 4. The minimum Gasteiger partial charge on any atom is -0.384 e. The number of alkyl halides is 3. The van der Waals surface area contributed by atoms with Gasteiger partial charge in [0.25, 0.3) is 0 Å². The van der Waals surface area contributed by atoms with Crippen LogP contribution >= 0.6 is 0 Å². The van der Waals surface area contributed by atoms with E-state index >= 15 is 0 Å². The van der Waals surface area contributed by atoms with Crippen molar-refractivity contribution in [2.45, 2.75) is 26.1 Å². The van der Waals surface area contributed by atoms with Gasteiger partial charge < -0.3 is 5.11 Å². The molecule has 1 N–H and O–H groups in total. The molecule has 0 spiro atoms. The topological polar surface area (TPSA) is 20.2 Å². The Labute approximate surface area is 119 Å². The molecule has 0 aliphatic heterocycles. The van der Waals surface area contributed by atoms with Crippen molar-refractivity contribution in [2.24, 2.45) is 0 Å². The van der Waals surface area contributed by atoms with Crippen molar-refractivity contribution in [1.82, 2.24) is 0 Å². The van der Waals surface area contributed by atoms with E-state index in [9.17, 15) is 22.7 Å². The Bertz CT molecular complexity index is 662. The molecule has 1 nitrogen and oxygen atoms in total. The van der Waals surface area contributed by atoms with Crippen molar-refractivity contribution in [3.05, 3.63) is 70.0 Å². The van der Waals surface area contributed by atoms with Crippen molar-refractivity contribution in [3.63, 3.8) is 0 Å². The van der Waals surface area contributed by atoms with Gasteiger partial charge in [-0.1, -0.05) is 23.8 Å². The molecule has 2 rings (SSSR count). The zero-order valence-electron chi connectivity index (χ0n) is 11.5. The first-order chi connectivity index (χ1) is 9.70. The van der Waals surface area contributed by atoms with Crippen LogP contribution in [0.4, 0.5) is 17.6 Å². The van der Waals surface area contributed by atoms with Gasteiger partial charge in [0, 0.05) is 5.56 Å². The predicted molar refractivity (Wildman–Crippen MR) is 71.4 cm³/mol. The van der Waals surface area contributed by atoms with Gasteiger partial charge in [-0.3, -0.25) is 0 Å². The summed E-state index contributed by atoms with van der Waals surface area (Å²) in [4.78, 5) is 0. The van der Waals surface area contributed by atoms with Crippen molar-refractivity contribution >= 4 is 0 Å². The summed E-state index contributed by atoms with van der Waals surface area (Å²) in [5.41, 5.74) is 0.541. The molecule has 0 aromatic heterocycles. The molecule has 0 saturated carbocycles. The highest BCUT2D eigenvalue weighted by atomic mass is 19.4. The van der Waals surface area contributed by atoms with Gasteiger partial charge in [-0.15, -0.1) is 0 Å². The predicted octanol–water partition coefficient (Wildman–Crippen LogP) is 4.54. The summed E-state index contributed by atoms with van der Waals surface area (Å²) < 4.78 is 51.6. The lowest BCUT2D eigenvalue weighted by molar-refractivity contribution is -0.137. The number of aliphatic hydroxyl groups excluding tert-OH is 1. The van der Waals surface area contributed by atoms with Crippen LogP contribution < -0.4 is 0 Å². The molecule has 2 aromatic carbocycles. The van der Waals surface area contributed by atoms with Crippen LogP contribution in [-0.2, 0) is 6.18 Å². The molecule has 0 heterocycles. The number of hydrogen-bond acceptors (Lipinski definition) is 1. The van der Waals surface area contributed by atoms with E-state index in [0.29, 0.717) is 0 Å². The molecule has 2 aromatic rings. The number of rotatable bonds is 2. The van der Waals surface area contributed by atoms with Gasteiger partial charge >= 0.3 is 6.18 Å². The second kappa shape index (κ2) is 5.48. The third-order valence-corrected chi connectivity index (χ3v) is 3.34. The largest absolute Gasteiger partial charge is 0.416 e. The van der Waals surface area contributed by atoms with Gasteiger partial charge in [0.15, 0.2) is 0 Å². The van der Waals surface area contributed by atoms with Gasteiger partial charge in [0.2, 0.25) is 0 Å². The summed E-state index contributed by atoms with van der Waals surface area (Å²) >= 11 is 0. The molecule has 112 valence electrons. The van der Waals surface area contributed by atoms with E-state index in [-0.39, 0.29) is 16.7 Å². The monoisotopic (exact) mass is 298 g/mol. The summed E-state index contributed by atoms with van der Waals surface area (Å²) in [6.07, 6.45) is -5.74. The fraction of sp³-hybridized carbons (Fsp3) is 0.250. The molecular weight excluding hydrogens is 284 g/mol. The molecule has 0 bridgehead atoms. The van der Waals surface area contributed by atoms with Crippen LogP contribution in [0.3, 0.4) is 0 Å². The van der Waals surface area contributed by atoms with Gasteiger partial charge in [-0.05, 0) is 43.2 Å². The van der Waals surface area contributed by atoms with E-state index in [1.165, 1.54) is 25.1 Å². The fourth-order valence-corrected chi connectivity index (χ4v) is 2.20. The Balaban J connectivity index is 2.44. The quantitative estimate of drug-likeness (QED) is 0.807. The smallest absolute Gasteiger partial charge is 0.384 e. The first-order valence-corrected chi connectivity index (χ1v) is 6.32. The molecule has 21 heavy (non-hydrogen) atoms. The van der Waals surface area contributed by atoms with Crippen LogP contribution in [0, 0.1) is 19.7 Å². The molecule has 1 atom stereocenters.